The smallest absolute Gasteiger partial charge is 0.0587 e. The lowest BCUT2D eigenvalue weighted by Crippen LogP contribution is -2.42. The average Bonchev–Trinajstić information content (AvgIpc) is 2.26. The molecule has 1 unspecified atom stereocenters. The van der Waals surface area contributed by atoms with E-state index in [2.05, 4.69) is 31.1 Å². The Morgan fingerprint density at radius 1 is 1.38 bits per heavy atom. The van der Waals surface area contributed by atoms with Gasteiger partial charge in [-0.2, -0.15) is 0 Å². The summed E-state index contributed by atoms with van der Waals surface area (Å²) in [6.45, 7) is 6.83. The molecule has 0 aromatic heterocycles. The Morgan fingerprint density at radius 3 is 2.69 bits per heavy atom. The van der Waals surface area contributed by atoms with E-state index >= 15 is 0 Å². The Hall–Kier alpha value is -0.120. The Labute approximate surface area is 100 Å². The third-order valence-corrected chi connectivity index (χ3v) is 3.81. The van der Waals surface area contributed by atoms with Crippen LogP contribution in [0.25, 0.3) is 0 Å². The lowest BCUT2D eigenvalue weighted by Gasteiger charge is -2.33. The summed E-state index contributed by atoms with van der Waals surface area (Å²) in [6, 6.07) is 1.00. The summed E-state index contributed by atoms with van der Waals surface area (Å²) in [5.74, 6) is 0.508. The zero-order valence-electron chi connectivity index (χ0n) is 11.1. The van der Waals surface area contributed by atoms with E-state index in [1.54, 1.807) is 0 Å². The summed E-state index contributed by atoms with van der Waals surface area (Å²) >= 11 is 0. The number of nitrogens with zero attached hydrogens (tertiary/aromatic N) is 1. The average molecular weight is 228 g/mol. The predicted molar refractivity (Wildman–Crippen MR) is 68.6 cm³/mol. The molecule has 0 saturated carbocycles. The molecule has 3 heteroatoms. The minimum atomic E-state index is 0.248. The largest absolute Gasteiger partial charge is 0.395 e. The summed E-state index contributed by atoms with van der Waals surface area (Å²) in [6.07, 6.45) is 5.28. The van der Waals surface area contributed by atoms with Crippen molar-refractivity contribution < 1.29 is 5.11 Å². The lowest BCUT2D eigenvalue weighted by molar-refractivity contribution is 0.166. The number of piperidine rings is 1. The first-order chi connectivity index (χ1) is 7.65. The molecule has 1 fully saturated rings. The molecule has 3 nitrogen and oxygen atoms in total. The SMILES string of the molecule is CC(C)[C@@H](CO)NCCC1CCCCN1C. The van der Waals surface area contributed by atoms with Gasteiger partial charge < -0.3 is 15.3 Å². The second kappa shape index (κ2) is 7.25. The van der Waals surface area contributed by atoms with E-state index in [0.717, 1.165) is 12.6 Å². The minimum Gasteiger partial charge on any atom is -0.395 e. The third-order valence-electron chi connectivity index (χ3n) is 3.81. The van der Waals surface area contributed by atoms with Gasteiger partial charge >= 0.3 is 0 Å². The molecule has 2 atom stereocenters. The van der Waals surface area contributed by atoms with Crippen molar-refractivity contribution in [1.29, 1.82) is 0 Å². The first kappa shape index (κ1) is 13.9. The monoisotopic (exact) mass is 228 g/mol. The van der Waals surface area contributed by atoms with E-state index in [4.69, 9.17) is 0 Å². The molecule has 96 valence electrons. The number of nitrogens with one attached hydrogen (secondary N) is 1. The molecule has 0 aromatic rings. The number of hydrogen-bond acceptors (Lipinski definition) is 3. The van der Waals surface area contributed by atoms with Crippen molar-refractivity contribution in [2.24, 2.45) is 5.92 Å². The number of aliphatic hydroxyl groups is 1. The minimum absolute atomic E-state index is 0.248. The van der Waals surface area contributed by atoms with Gasteiger partial charge in [0.2, 0.25) is 0 Å². The Morgan fingerprint density at radius 2 is 2.12 bits per heavy atom. The Bertz CT molecular complexity index is 185. The van der Waals surface area contributed by atoms with Gasteiger partial charge in [-0.15, -0.1) is 0 Å². The van der Waals surface area contributed by atoms with Crippen LogP contribution in [-0.2, 0) is 0 Å². The van der Waals surface area contributed by atoms with Crippen LogP contribution < -0.4 is 5.32 Å². The topological polar surface area (TPSA) is 35.5 Å². The van der Waals surface area contributed by atoms with Gasteiger partial charge in [-0.3, -0.25) is 0 Å². The molecule has 16 heavy (non-hydrogen) atoms. The molecular weight excluding hydrogens is 200 g/mol. The van der Waals surface area contributed by atoms with Crippen LogP contribution in [0.4, 0.5) is 0 Å². The zero-order chi connectivity index (χ0) is 12.0. The van der Waals surface area contributed by atoms with Crippen molar-refractivity contribution in [2.45, 2.75) is 51.6 Å². The maximum absolute atomic E-state index is 9.21. The first-order valence-corrected chi connectivity index (χ1v) is 6.69. The van der Waals surface area contributed by atoms with Crippen LogP contribution >= 0.6 is 0 Å². The van der Waals surface area contributed by atoms with Gasteiger partial charge in [-0.05, 0) is 45.3 Å². The van der Waals surface area contributed by atoms with Crippen LogP contribution in [0, 0.1) is 5.92 Å². The number of hydrogen-bond donors (Lipinski definition) is 2. The fourth-order valence-electron chi connectivity index (χ4n) is 2.46. The summed E-state index contributed by atoms with van der Waals surface area (Å²) in [4.78, 5) is 2.48. The van der Waals surface area contributed by atoms with E-state index in [1.165, 1.54) is 32.2 Å². The molecule has 0 aliphatic carbocycles. The summed E-state index contributed by atoms with van der Waals surface area (Å²) < 4.78 is 0. The molecule has 2 N–H and O–H groups in total. The van der Waals surface area contributed by atoms with Gasteiger partial charge in [-0.1, -0.05) is 20.3 Å². The molecular formula is C13H28N2O. The summed E-state index contributed by atoms with van der Waals surface area (Å²) in [5.41, 5.74) is 0. The molecule has 0 bridgehead atoms. The van der Waals surface area contributed by atoms with Crippen LogP contribution in [0.2, 0.25) is 0 Å². The summed E-state index contributed by atoms with van der Waals surface area (Å²) in [7, 11) is 2.23. The van der Waals surface area contributed by atoms with Crippen LogP contribution in [0.15, 0.2) is 0 Å². The third kappa shape index (κ3) is 4.40. The van der Waals surface area contributed by atoms with Gasteiger partial charge in [-0.25, -0.2) is 0 Å². The molecule has 1 aliphatic heterocycles. The predicted octanol–water partition coefficient (Wildman–Crippen LogP) is 1.47. The number of likely N-dealkylation sites (tertiary alicyclic amines) is 1. The molecule has 1 rings (SSSR count). The van der Waals surface area contributed by atoms with E-state index in [0.29, 0.717) is 5.92 Å². The molecule has 0 spiro atoms. The van der Waals surface area contributed by atoms with Gasteiger partial charge in [0, 0.05) is 12.1 Å². The van der Waals surface area contributed by atoms with Gasteiger partial charge in [0.25, 0.3) is 0 Å². The molecule has 0 amide bonds. The van der Waals surface area contributed by atoms with Crippen molar-refractivity contribution in [3.05, 3.63) is 0 Å². The normalized spacial score (nSPS) is 24.9. The number of aliphatic hydroxyl groups excluding tert-OH is 1. The highest BCUT2D eigenvalue weighted by molar-refractivity contribution is 4.76. The molecule has 1 heterocycles. The van der Waals surface area contributed by atoms with Crippen LogP contribution in [-0.4, -0.2) is 48.8 Å². The van der Waals surface area contributed by atoms with Gasteiger partial charge in [0.1, 0.15) is 0 Å². The standard InChI is InChI=1S/C13H28N2O/c1-11(2)13(10-16)14-8-7-12-6-4-5-9-15(12)3/h11-14,16H,4-10H2,1-3H3/t12?,13-/m1/s1. The molecule has 1 aliphatic rings. The summed E-state index contributed by atoms with van der Waals surface area (Å²) in [5, 5.41) is 12.7. The fourth-order valence-corrected chi connectivity index (χ4v) is 2.46. The first-order valence-electron chi connectivity index (χ1n) is 6.69. The Balaban J connectivity index is 2.18. The van der Waals surface area contributed by atoms with E-state index in [9.17, 15) is 5.11 Å². The van der Waals surface area contributed by atoms with Crippen molar-refractivity contribution in [3.8, 4) is 0 Å². The molecule has 1 saturated heterocycles. The Kier molecular flexibility index (Phi) is 6.32. The van der Waals surface area contributed by atoms with Crippen LogP contribution in [0.5, 0.6) is 0 Å². The highest BCUT2D eigenvalue weighted by atomic mass is 16.3. The fraction of sp³-hybridized carbons (Fsp3) is 1.00. The van der Waals surface area contributed by atoms with E-state index in [-0.39, 0.29) is 12.6 Å². The molecule has 0 radical (unpaired) electrons. The van der Waals surface area contributed by atoms with Crippen molar-refractivity contribution in [1.82, 2.24) is 10.2 Å². The van der Waals surface area contributed by atoms with Crippen LogP contribution in [0.1, 0.15) is 39.5 Å². The second-order valence-corrected chi connectivity index (χ2v) is 5.41. The number of rotatable bonds is 6. The van der Waals surface area contributed by atoms with E-state index < -0.39 is 0 Å². The lowest BCUT2D eigenvalue weighted by atomic mass is 9.99. The van der Waals surface area contributed by atoms with Crippen molar-refractivity contribution in [2.75, 3.05) is 26.7 Å². The quantitative estimate of drug-likeness (QED) is 0.722. The highest BCUT2D eigenvalue weighted by Crippen LogP contribution is 2.17. The highest BCUT2D eigenvalue weighted by Gasteiger charge is 2.19. The maximum atomic E-state index is 9.21. The van der Waals surface area contributed by atoms with Gasteiger partial charge in [0.15, 0.2) is 0 Å². The maximum Gasteiger partial charge on any atom is 0.0587 e. The van der Waals surface area contributed by atoms with E-state index in [1.807, 2.05) is 0 Å². The van der Waals surface area contributed by atoms with Gasteiger partial charge in [0.05, 0.1) is 6.61 Å². The van der Waals surface area contributed by atoms with Crippen LogP contribution in [0.3, 0.4) is 0 Å². The second-order valence-electron chi connectivity index (χ2n) is 5.41. The molecule has 0 aromatic carbocycles. The van der Waals surface area contributed by atoms with Crippen molar-refractivity contribution in [3.63, 3.8) is 0 Å². The zero-order valence-corrected chi connectivity index (χ0v) is 11.1. The van der Waals surface area contributed by atoms with Crippen molar-refractivity contribution >= 4 is 0 Å².